The van der Waals surface area contributed by atoms with Gasteiger partial charge < -0.3 is 20.3 Å². The van der Waals surface area contributed by atoms with Crippen LogP contribution in [0.15, 0.2) is 18.5 Å². The van der Waals surface area contributed by atoms with Crippen LogP contribution in [-0.2, 0) is 4.74 Å². The fourth-order valence-corrected chi connectivity index (χ4v) is 1.97. The van der Waals surface area contributed by atoms with Crippen molar-refractivity contribution in [3.8, 4) is 0 Å². The number of aromatic carboxylic acids is 1. The maximum Gasteiger partial charge on any atom is 0.339 e. The molecule has 0 aromatic carbocycles. The summed E-state index contributed by atoms with van der Waals surface area (Å²) in [7, 11) is 0. The van der Waals surface area contributed by atoms with Crippen molar-refractivity contribution in [3.05, 3.63) is 24.0 Å². The number of anilines is 1. The average Bonchev–Trinajstić information content (AvgIpc) is 2.68. The molecule has 2 rings (SSSR count). The SMILES string of the molecule is CC1OCCC1(O)CNc1ccncc1C(=O)O. The molecule has 1 aromatic heterocycles. The van der Waals surface area contributed by atoms with Crippen LogP contribution in [0.1, 0.15) is 23.7 Å². The number of aliphatic hydroxyl groups is 1. The van der Waals surface area contributed by atoms with Crippen LogP contribution in [0.25, 0.3) is 0 Å². The predicted molar refractivity (Wildman–Crippen MR) is 64.7 cm³/mol. The Hall–Kier alpha value is -1.66. The summed E-state index contributed by atoms with van der Waals surface area (Å²) in [5, 5.41) is 22.3. The van der Waals surface area contributed by atoms with Gasteiger partial charge in [-0.05, 0) is 13.0 Å². The highest BCUT2D eigenvalue weighted by Crippen LogP contribution is 2.26. The second-order valence-corrected chi connectivity index (χ2v) is 4.45. The number of pyridine rings is 1. The highest BCUT2D eigenvalue weighted by atomic mass is 16.5. The molecule has 98 valence electrons. The van der Waals surface area contributed by atoms with Gasteiger partial charge in [-0.3, -0.25) is 4.98 Å². The number of rotatable bonds is 4. The lowest BCUT2D eigenvalue weighted by atomic mass is 9.96. The van der Waals surface area contributed by atoms with E-state index < -0.39 is 11.6 Å². The summed E-state index contributed by atoms with van der Waals surface area (Å²) in [5.41, 5.74) is -0.420. The van der Waals surface area contributed by atoms with Gasteiger partial charge in [-0.2, -0.15) is 0 Å². The van der Waals surface area contributed by atoms with Crippen molar-refractivity contribution in [2.75, 3.05) is 18.5 Å². The van der Waals surface area contributed by atoms with Gasteiger partial charge >= 0.3 is 5.97 Å². The smallest absolute Gasteiger partial charge is 0.339 e. The van der Waals surface area contributed by atoms with Gasteiger partial charge in [-0.25, -0.2) is 4.79 Å². The minimum Gasteiger partial charge on any atom is -0.478 e. The summed E-state index contributed by atoms with van der Waals surface area (Å²) in [6.45, 7) is 2.57. The molecule has 1 saturated heterocycles. The Kier molecular flexibility index (Phi) is 3.49. The van der Waals surface area contributed by atoms with E-state index in [0.717, 1.165) is 0 Å². The summed E-state index contributed by atoms with van der Waals surface area (Å²) in [4.78, 5) is 14.8. The number of carboxylic acid groups (broad SMARTS) is 1. The van der Waals surface area contributed by atoms with Gasteiger partial charge in [0.2, 0.25) is 0 Å². The highest BCUT2D eigenvalue weighted by molar-refractivity contribution is 5.93. The van der Waals surface area contributed by atoms with E-state index in [1.165, 1.54) is 12.4 Å². The Bertz CT molecular complexity index is 451. The van der Waals surface area contributed by atoms with Gasteiger partial charge in [0, 0.05) is 32.0 Å². The van der Waals surface area contributed by atoms with Crippen LogP contribution in [0.2, 0.25) is 0 Å². The molecule has 0 spiro atoms. The zero-order valence-electron chi connectivity index (χ0n) is 10.1. The summed E-state index contributed by atoms with van der Waals surface area (Å²) < 4.78 is 5.32. The second-order valence-electron chi connectivity index (χ2n) is 4.45. The van der Waals surface area contributed by atoms with E-state index in [-0.39, 0.29) is 18.2 Å². The van der Waals surface area contributed by atoms with Crippen LogP contribution < -0.4 is 5.32 Å². The van der Waals surface area contributed by atoms with E-state index in [9.17, 15) is 9.90 Å². The Morgan fingerprint density at radius 3 is 3.11 bits per heavy atom. The molecule has 1 aliphatic rings. The van der Waals surface area contributed by atoms with Crippen LogP contribution in [0.5, 0.6) is 0 Å². The second kappa shape index (κ2) is 4.91. The van der Waals surface area contributed by atoms with Gasteiger partial charge in [0.05, 0.1) is 11.8 Å². The molecule has 2 unspecified atom stereocenters. The number of nitrogens with zero attached hydrogens (tertiary/aromatic N) is 1. The third kappa shape index (κ3) is 2.44. The van der Waals surface area contributed by atoms with Gasteiger partial charge in [0.1, 0.15) is 11.2 Å². The van der Waals surface area contributed by atoms with Crippen LogP contribution in [0, 0.1) is 0 Å². The molecular formula is C12H16N2O4. The minimum atomic E-state index is -1.05. The molecule has 3 N–H and O–H groups in total. The Balaban J connectivity index is 2.09. The highest BCUT2D eigenvalue weighted by Gasteiger charge is 2.39. The molecule has 1 aromatic rings. The van der Waals surface area contributed by atoms with Crippen molar-refractivity contribution in [2.45, 2.75) is 25.0 Å². The third-order valence-electron chi connectivity index (χ3n) is 3.30. The van der Waals surface area contributed by atoms with Gasteiger partial charge in [-0.1, -0.05) is 0 Å². The van der Waals surface area contributed by atoms with E-state index in [1.807, 2.05) is 0 Å². The van der Waals surface area contributed by atoms with Gasteiger partial charge in [0.15, 0.2) is 0 Å². The first-order chi connectivity index (χ1) is 8.53. The van der Waals surface area contributed by atoms with Crippen molar-refractivity contribution in [3.63, 3.8) is 0 Å². The normalized spacial score (nSPS) is 27.1. The number of hydrogen-bond acceptors (Lipinski definition) is 5. The topological polar surface area (TPSA) is 91.7 Å². The number of hydrogen-bond donors (Lipinski definition) is 3. The monoisotopic (exact) mass is 252 g/mol. The summed E-state index contributed by atoms with van der Waals surface area (Å²) in [6, 6.07) is 1.58. The molecule has 6 heteroatoms. The molecule has 18 heavy (non-hydrogen) atoms. The van der Waals surface area contributed by atoms with Crippen molar-refractivity contribution >= 4 is 11.7 Å². The lowest BCUT2D eigenvalue weighted by Crippen LogP contribution is -2.43. The number of ether oxygens (including phenoxy) is 1. The lowest BCUT2D eigenvalue weighted by molar-refractivity contribution is -0.0176. The molecule has 1 aliphatic heterocycles. The first-order valence-electron chi connectivity index (χ1n) is 5.78. The molecule has 2 atom stereocenters. The molecular weight excluding hydrogens is 236 g/mol. The van der Waals surface area contributed by atoms with E-state index in [1.54, 1.807) is 13.0 Å². The van der Waals surface area contributed by atoms with Crippen molar-refractivity contribution in [1.29, 1.82) is 0 Å². The molecule has 6 nitrogen and oxygen atoms in total. The maximum atomic E-state index is 11.0. The minimum absolute atomic E-state index is 0.0904. The summed E-state index contributed by atoms with van der Waals surface area (Å²) >= 11 is 0. The first-order valence-corrected chi connectivity index (χ1v) is 5.78. The predicted octanol–water partition coefficient (Wildman–Crippen LogP) is 0.732. The fraction of sp³-hybridized carbons (Fsp3) is 0.500. The van der Waals surface area contributed by atoms with E-state index in [4.69, 9.17) is 9.84 Å². The molecule has 2 heterocycles. The Morgan fingerprint density at radius 1 is 1.72 bits per heavy atom. The zero-order valence-corrected chi connectivity index (χ0v) is 10.1. The molecule has 0 bridgehead atoms. The molecule has 0 amide bonds. The van der Waals surface area contributed by atoms with Crippen LogP contribution in [0.4, 0.5) is 5.69 Å². The van der Waals surface area contributed by atoms with Crippen LogP contribution in [-0.4, -0.2) is 46.0 Å². The maximum absolute atomic E-state index is 11.0. The van der Waals surface area contributed by atoms with Crippen molar-refractivity contribution in [1.82, 2.24) is 4.98 Å². The van der Waals surface area contributed by atoms with Gasteiger partial charge in [0.25, 0.3) is 0 Å². The number of aromatic nitrogens is 1. The quantitative estimate of drug-likeness (QED) is 0.731. The Labute approximate surface area is 105 Å². The first kappa shape index (κ1) is 12.8. The van der Waals surface area contributed by atoms with Crippen molar-refractivity contribution < 1.29 is 19.7 Å². The molecule has 1 fully saturated rings. The number of carboxylic acids is 1. The lowest BCUT2D eigenvalue weighted by Gasteiger charge is -2.26. The third-order valence-corrected chi connectivity index (χ3v) is 3.30. The zero-order chi connectivity index (χ0) is 13.2. The summed E-state index contributed by atoms with van der Waals surface area (Å²) in [6.07, 6.45) is 3.06. The largest absolute Gasteiger partial charge is 0.478 e. The van der Waals surface area contributed by atoms with E-state index in [2.05, 4.69) is 10.3 Å². The standard InChI is InChI=1S/C12H16N2O4/c1-8-12(17,3-5-18-8)7-14-10-2-4-13-6-9(10)11(15)16/h2,4,6,8,17H,3,5,7H2,1H3,(H,13,14)(H,15,16). The van der Waals surface area contributed by atoms with Gasteiger partial charge in [-0.15, -0.1) is 0 Å². The van der Waals surface area contributed by atoms with Crippen LogP contribution in [0.3, 0.4) is 0 Å². The van der Waals surface area contributed by atoms with E-state index in [0.29, 0.717) is 18.7 Å². The van der Waals surface area contributed by atoms with Crippen molar-refractivity contribution in [2.24, 2.45) is 0 Å². The Morgan fingerprint density at radius 2 is 2.50 bits per heavy atom. The summed E-state index contributed by atoms with van der Waals surface area (Å²) in [5.74, 6) is -1.05. The number of carbonyl (C=O) groups is 1. The van der Waals surface area contributed by atoms with E-state index >= 15 is 0 Å². The average molecular weight is 252 g/mol. The van der Waals surface area contributed by atoms with Crippen LogP contribution >= 0.6 is 0 Å². The number of nitrogens with one attached hydrogen (secondary N) is 1. The molecule has 0 aliphatic carbocycles. The molecule has 0 radical (unpaired) electrons. The fourth-order valence-electron chi connectivity index (χ4n) is 1.97. The molecule has 0 saturated carbocycles.